The maximum atomic E-state index is 13.2. The van der Waals surface area contributed by atoms with Crippen molar-refractivity contribution in [3.05, 3.63) is 53.6 Å². The van der Waals surface area contributed by atoms with Crippen LogP contribution in [0.15, 0.2) is 63.2 Å². The lowest BCUT2D eigenvalue weighted by atomic mass is 9.92. The van der Waals surface area contributed by atoms with Crippen molar-refractivity contribution < 1.29 is 18.4 Å². The van der Waals surface area contributed by atoms with Crippen LogP contribution < -0.4 is 10.8 Å². The van der Waals surface area contributed by atoms with Gasteiger partial charge >= 0.3 is 0 Å². The van der Waals surface area contributed by atoms with Crippen molar-refractivity contribution in [3.8, 4) is 0 Å². The van der Waals surface area contributed by atoms with E-state index in [2.05, 4.69) is 5.32 Å². The van der Waals surface area contributed by atoms with E-state index in [-0.39, 0.29) is 11.4 Å². The van der Waals surface area contributed by atoms with E-state index in [0.717, 1.165) is 14.1 Å². The number of piperazine rings is 1. The van der Waals surface area contributed by atoms with Crippen LogP contribution >= 0.6 is 23.4 Å². The molecule has 1 heterocycles. The van der Waals surface area contributed by atoms with Crippen LogP contribution in [0.25, 0.3) is 0 Å². The molecule has 2 aromatic carbocycles. The highest BCUT2D eigenvalue weighted by atomic mass is 35.5. The predicted octanol–water partition coefficient (Wildman–Crippen LogP) is 2.74. The summed E-state index contributed by atoms with van der Waals surface area (Å²) in [6.07, 6.45) is 0. The SMILES string of the molecule is CC1(C)NCCN(S(=O)(=O)c2ccc(Sc3ccc(Cl)cc3)cc2)C1C(=O)NO. The third kappa shape index (κ3) is 4.76. The van der Waals surface area contributed by atoms with Gasteiger partial charge in [0.25, 0.3) is 5.91 Å². The highest BCUT2D eigenvalue weighted by Gasteiger charge is 2.47. The van der Waals surface area contributed by atoms with Crippen LogP contribution in [0.1, 0.15) is 13.8 Å². The maximum absolute atomic E-state index is 13.2. The molecule has 1 aliphatic heterocycles. The Morgan fingerprint density at radius 1 is 1.17 bits per heavy atom. The molecule has 0 bridgehead atoms. The molecule has 10 heteroatoms. The van der Waals surface area contributed by atoms with Gasteiger partial charge < -0.3 is 5.32 Å². The number of amides is 1. The van der Waals surface area contributed by atoms with Gasteiger partial charge in [0.1, 0.15) is 6.04 Å². The van der Waals surface area contributed by atoms with Crippen molar-refractivity contribution in [2.24, 2.45) is 0 Å². The highest BCUT2D eigenvalue weighted by molar-refractivity contribution is 7.99. The zero-order chi connectivity index (χ0) is 21.2. The number of nitrogens with zero attached hydrogens (tertiary/aromatic N) is 1. The van der Waals surface area contributed by atoms with Gasteiger partial charge in [-0.05, 0) is 62.4 Å². The molecule has 0 radical (unpaired) electrons. The molecule has 156 valence electrons. The second-order valence-electron chi connectivity index (χ2n) is 7.17. The summed E-state index contributed by atoms with van der Waals surface area (Å²) in [4.78, 5) is 14.2. The van der Waals surface area contributed by atoms with Gasteiger partial charge in [-0.2, -0.15) is 4.31 Å². The molecule has 7 nitrogen and oxygen atoms in total. The number of carbonyl (C=O) groups excluding carboxylic acids is 1. The van der Waals surface area contributed by atoms with E-state index in [1.807, 2.05) is 12.1 Å². The zero-order valence-corrected chi connectivity index (χ0v) is 18.3. The molecule has 1 unspecified atom stereocenters. The summed E-state index contributed by atoms with van der Waals surface area (Å²) >= 11 is 7.38. The summed E-state index contributed by atoms with van der Waals surface area (Å²) in [7, 11) is -3.94. The Hall–Kier alpha value is -1.62. The Morgan fingerprint density at radius 2 is 1.72 bits per heavy atom. The summed E-state index contributed by atoms with van der Waals surface area (Å²) in [6.45, 7) is 3.96. The molecule has 0 aromatic heterocycles. The van der Waals surface area contributed by atoms with Crippen molar-refractivity contribution in [2.45, 2.75) is 40.1 Å². The van der Waals surface area contributed by atoms with E-state index < -0.39 is 27.5 Å². The van der Waals surface area contributed by atoms with E-state index in [4.69, 9.17) is 16.8 Å². The van der Waals surface area contributed by atoms with E-state index >= 15 is 0 Å². The van der Waals surface area contributed by atoms with Gasteiger partial charge in [0.05, 0.1) is 4.90 Å². The first-order valence-electron chi connectivity index (χ1n) is 8.89. The third-order valence-corrected chi connectivity index (χ3v) is 7.87. The Labute approximate surface area is 179 Å². The fourth-order valence-electron chi connectivity index (χ4n) is 3.31. The lowest BCUT2D eigenvalue weighted by Crippen LogP contribution is -2.69. The maximum Gasteiger partial charge on any atom is 0.263 e. The summed E-state index contributed by atoms with van der Waals surface area (Å²) in [5.41, 5.74) is 0.742. The molecule has 0 spiro atoms. The number of hydrogen-bond donors (Lipinski definition) is 3. The molecular formula is C19H22ClN3O4S2. The molecule has 0 saturated carbocycles. The summed E-state index contributed by atoms with van der Waals surface area (Å²) < 4.78 is 27.6. The second kappa shape index (κ2) is 8.63. The second-order valence-corrected chi connectivity index (χ2v) is 10.6. The molecular weight excluding hydrogens is 434 g/mol. The first-order chi connectivity index (χ1) is 13.6. The molecule has 1 amide bonds. The summed E-state index contributed by atoms with van der Waals surface area (Å²) in [5, 5.41) is 12.9. The smallest absolute Gasteiger partial charge is 0.263 e. The molecule has 3 N–H and O–H groups in total. The van der Waals surface area contributed by atoms with Crippen molar-refractivity contribution in [1.29, 1.82) is 0 Å². The van der Waals surface area contributed by atoms with Crippen molar-refractivity contribution in [2.75, 3.05) is 13.1 Å². The number of nitrogens with one attached hydrogen (secondary N) is 2. The van der Waals surface area contributed by atoms with E-state index in [1.165, 1.54) is 23.9 Å². The Kier molecular flexibility index (Phi) is 6.57. The fourth-order valence-corrected chi connectivity index (χ4v) is 5.97. The minimum atomic E-state index is -3.94. The number of rotatable bonds is 5. The Bertz CT molecular complexity index is 980. The van der Waals surface area contributed by atoms with Crippen LogP contribution in [0.3, 0.4) is 0 Å². The quantitative estimate of drug-likeness (QED) is 0.473. The van der Waals surface area contributed by atoms with Gasteiger partial charge in [-0.15, -0.1) is 0 Å². The molecule has 1 aliphatic rings. The average molecular weight is 456 g/mol. The van der Waals surface area contributed by atoms with Gasteiger partial charge in [0.2, 0.25) is 10.0 Å². The molecule has 29 heavy (non-hydrogen) atoms. The van der Waals surface area contributed by atoms with Crippen LogP contribution in [-0.2, 0) is 14.8 Å². The van der Waals surface area contributed by atoms with Gasteiger partial charge in [0.15, 0.2) is 0 Å². The topological polar surface area (TPSA) is 98.7 Å². The third-order valence-electron chi connectivity index (χ3n) is 4.72. The van der Waals surface area contributed by atoms with Crippen LogP contribution in [0.2, 0.25) is 5.02 Å². The van der Waals surface area contributed by atoms with E-state index in [1.54, 1.807) is 43.6 Å². The molecule has 1 saturated heterocycles. The number of benzene rings is 2. The Morgan fingerprint density at radius 3 is 2.28 bits per heavy atom. The molecule has 3 rings (SSSR count). The van der Waals surface area contributed by atoms with E-state index in [9.17, 15) is 13.2 Å². The monoisotopic (exact) mass is 455 g/mol. The van der Waals surface area contributed by atoms with Gasteiger partial charge in [0, 0.05) is 33.4 Å². The zero-order valence-electron chi connectivity index (χ0n) is 15.9. The number of hydrogen-bond acceptors (Lipinski definition) is 6. The molecule has 2 aromatic rings. The first-order valence-corrected chi connectivity index (χ1v) is 11.5. The number of sulfonamides is 1. The standard InChI is InChI=1S/C19H22ClN3O4S2/c1-19(2)17(18(24)22-25)23(12-11-21-19)29(26,27)16-9-7-15(8-10-16)28-14-5-3-13(20)4-6-14/h3-10,17,21,25H,11-12H2,1-2H3,(H,22,24). The Balaban J connectivity index is 1.86. The van der Waals surface area contributed by atoms with Crippen LogP contribution in [-0.4, -0.2) is 48.5 Å². The van der Waals surface area contributed by atoms with Crippen molar-refractivity contribution >= 4 is 39.3 Å². The van der Waals surface area contributed by atoms with Gasteiger partial charge in [-0.25, -0.2) is 13.9 Å². The van der Waals surface area contributed by atoms with Gasteiger partial charge in [-0.1, -0.05) is 23.4 Å². The van der Waals surface area contributed by atoms with Crippen LogP contribution in [0, 0.1) is 0 Å². The lowest BCUT2D eigenvalue weighted by molar-refractivity contribution is -0.136. The van der Waals surface area contributed by atoms with E-state index in [0.29, 0.717) is 11.6 Å². The first kappa shape index (κ1) is 22.1. The minimum absolute atomic E-state index is 0.0893. The van der Waals surface area contributed by atoms with Crippen LogP contribution in [0.5, 0.6) is 0 Å². The minimum Gasteiger partial charge on any atom is -0.308 e. The fraction of sp³-hybridized carbons (Fsp3) is 0.316. The van der Waals surface area contributed by atoms with Crippen molar-refractivity contribution in [1.82, 2.24) is 15.1 Å². The average Bonchev–Trinajstić information content (AvgIpc) is 2.68. The summed E-state index contributed by atoms with van der Waals surface area (Å²) in [6, 6.07) is 12.8. The normalized spacial score (nSPS) is 19.7. The largest absolute Gasteiger partial charge is 0.308 e. The molecule has 0 aliphatic carbocycles. The van der Waals surface area contributed by atoms with Crippen LogP contribution in [0.4, 0.5) is 0 Å². The molecule has 1 fully saturated rings. The number of halogens is 1. The lowest BCUT2D eigenvalue weighted by Gasteiger charge is -2.44. The summed E-state index contributed by atoms with van der Waals surface area (Å²) in [5.74, 6) is -0.777. The molecule has 1 atom stereocenters. The highest BCUT2D eigenvalue weighted by Crippen LogP contribution is 2.31. The number of carbonyl (C=O) groups is 1. The predicted molar refractivity (Wildman–Crippen MR) is 112 cm³/mol. The number of hydroxylamine groups is 1. The van der Waals surface area contributed by atoms with Crippen molar-refractivity contribution in [3.63, 3.8) is 0 Å². The van der Waals surface area contributed by atoms with Gasteiger partial charge in [-0.3, -0.25) is 10.0 Å².